The molecule has 1 radical (unpaired) electrons. The van der Waals surface area contributed by atoms with E-state index in [0.717, 1.165) is 49.4 Å². The molecular weight excluding hydrogens is 525 g/mol. The van der Waals surface area contributed by atoms with Crippen molar-refractivity contribution in [3.05, 3.63) is 97.1 Å². The zero-order valence-corrected chi connectivity index (χ0v) is 24.3. The fourth-order valence-corrected chi connectivity index (χ4v) is 6.43. The maximum Gasteiger partial charge on any atom is 0.331 e. The number of aliphatic hydroxyl groups is 1. The number of oxazole rings is 1. The molecule has 41 heavy (non-hydrogen) atoms. The number of thiophene rings is 1. The van der Waals surface area contributed by atoms with Crippen LogP contribution in [0.3, 0.4) is 0 Å². The second kappa shape index (κ2) is 9.56. The maximum atomic E-state index is 10.6. The van der Waals surface area contributed by atoms with E-state index in [1.165, 1.54) is 14.8 Å². The van der Waals surface area contributed by atoms with E-state index >= 15 is 0 Å². The molecule has 2 aromatic heterocycles. The molecule has 0 saturated heterocycles. The summed E-state index contributed by atoms with van der Waals surface area (Å²) < 4.78 is 14.8. The van der Waals surface area contributed by atoms with Gasteiger partial charge < -0.3 is 14.2 Å². The van der Waals surface area contributed by atoms with Crippen molar-refractivity contribution < 1.29 is 14.2 Å². The normalized spacial score (nSPS) is 12.6. The van der Waals surface area contributed by atoms with Crippen LogP contribution in [-0.2, 0) is 4.65 Å². The van der Waals surface area contributed by atoms with Crippen LogP contribution in [0.15, 0.2) is 101 Å². The molecule has 0 unspecified atom stereocenters. The van der Waals surface area contributed by atoms with Gasteiger partial charge in [-0.25, -0.2) is 4.98 Å². The Morgan fingerprint density at radius 2 is 1.56 bits per heavy atom. The van der Waals surface area contributed by atoms with E-state index in [2.05, 4.69) is 78.9 Å². The van der Waals surface area contributed by atoms with Gasteiger partial charge in [-0.05, 0) is 79.3 Å². The first-order valence-electron chi connectivity index (χ1n) is 13.8. The molecule has 0 fully saturated rings. The number of hydrogen-bond acceptors (Lipinski definition) is 5. The van der Waals surface area contributed by atoms with Gasteiger partial charge in [0.25, 0.3) is 0 Å². The van der Waals surface area contributed by atoms with Gasteiger partial charge in [-0.15, -0.1) is 11.3 Å². The van der Waals surface area contributed by atoms with Crippen molar-refractivity contribution in [2.75, 3.05) is 0 Å². The van der Waals surface area contributed by atoms with Crippen LogP contribution in [0, 0.1) is 0 Å². The van der Waals surface area contributed by atoms with Crippen LogP contribution in [0.5, 0.6) is 0 Å². The van der Waals surface area contributed by atoms with Gasteiger partial charge in [-0.1, -0.05) is 72.8 Å². The summed E-state index contributed by atoms with van der Waals surface area (Å²) in [5.41, 5.74) is 4.14. The third-order valence-corrected chi connectivity index (χ3v) is 9.42. The number of aromatic nitrogens is 1. The molecule has 0 spiro atoms. The Labute approximate surface area is 243 Å². The van der Waals surface area contributed by atoms with E-state index in [9.17, 15) is 5.11 Å². The molecule has 7 aromatic rings. The lowest BCUT2D eigenvalue weighted by Crippen LogP contribution is -2.49. The summed E-state index contributed by atoms with van der Waals surface area (Å²) in [7, 11) is 1.79. The van der Waals surface area contributed by atoms with Crippen molar-refractivity contribution >= 4 is 66.3 Å². The van der Waals surface area contributed by atoms with Crippen molar-refractivity contribution in [2.45, 2.75) is 38.9 Å². The van der Waals surface area contributed by atoms with Gasteiger partial charge in [0.2, 0.25) is 5.89 Å². The zero-order chi connectivity index (χ0) is 28.4. The highest BCUT2D eigenvalue weighted by Crippen LogP contribution is 2.40. The van der Waals surface area contributed by atoms with Crippen molar-refractivity contribution in [3.8, 4) is 22.6 Å². The molecule has 6 heteroatoms. The Kier molecular flexibility index (Phi) is 6.05. The fourth-order valence-electron chi connectivity index (χ4n) is 5.16. The van der Waals surface area contributed by atoms with Crippen LogP contribution in [-0.4, -0.2) is 28.8 Å². The summed E-state index contributed by atoms with van der Waals surface area (Å²) >= 11 is 1.78. The Morgan fingerprint density at radius 3 is 2.41 bits per heavy atom. The summed E-state index contributed by atoms with van der Waals surface area (Å²) in [4.78, 5) is 4.91. The molecule has 0 aliphatic rings. The van der Waals surface area contributed by atoms with E-state index in [0.29, 0.717) is 5.89 Å². The highest BCUT2D eigenvalue weighted by Gasteiger charge is 2.36. The monoisotopic (exact) mass is 554 g/mol. The number of benzene rings is 5. The molecule has 0 aliphatic carbocycles. The van der Waals surface area contributed by atoms with E-state index in [4.69, 9.17) is 14.1 Å². The third kappa shape index (κ3) is 4.43. The lowest BCUT2D eigenvalue weighted by atomic mass is 9.80. The molecule has 0 amide bonds. The van der Waals surface area contributed by atoms with Gasteiger partial charge in [-0.3, -0.25) is 0 Å². The SMILES string of the molecule is CC(C)(O)C(C)(C)O[B]c1cccc2sc3c(-c4cccc(-c5nc6c(ccc7ccccc76)o5)c4)cccc3c12. The Morgan fingerprint density at radius 1 is 0.805 bits per heavy atom. The van der Waals surface area contributed by atoms with E-state index in [1.807, 2.05) is 32.0 Å². The molecule has 4 nitrogen and oxygen atoms in total. The predicted octanol–water partition coefficient (Wildman–Crippen LogP) is 8.49. The average molecular weight is 555 g/mol. The molecule has 201 valence electrons. The number of rotatable bonds is 6. The summed E-state index contributed by atoms with van der Waals surface area (Å²) in [5, 5.41) is 15.1. The summed E-state index contributed by atoms with van der Waals surface area (Å²) in [6.07, 6.45) is 0. The van der Waals surface area contributed by atoms with Crippen LogP contribution in [0.2, 0.25) is 0 Å². The summed E-state index contributed by atoms with van der Waals surface area (Å²) in [6, 6.07) is 33.5. The average Bonchev–Trinajstić information content (AvgIpc) is 3.58. The van der Waals surface area contributed by atoms with Crippen LogP contribution in [0.1, 0.15) is 27.7 Å². The number of nitrogens with zero attached hydrogens (tertiary/aromatic N) is 1. The first-order valence-corrected chi connectivity index (χ1v) is 14.6. The van der Waals surface area contributed by atoms with Crippen LogP contribution < -0.4 is 5.46 Å². The van der Waals surface area contributed by atoms with Crippen molar-refractivity contribution in [1.29, 1.82) is 0 Å². The lowest BCUT2D eigenvalue weighted by Gasteiger charge is -2.37. The summed E-state index contributed by atoms with van der Waals surface area (Å²) in [6.45, 7) is 7.34. The van der Waals surface area contributed by atoms with E-state index in [-0.39, 0.29) is 0 Å². The van der Waals surface area contributed by atoms with Gasteiger partial charge in [0.1, 0.15) is 5.52 Å². The highest BCUT2D eigenvalue weighted by atomic mass is 32.1. The molecule has 1 N–H and O–H groups in total. The van der Waals surface area contributed by atoms with E-state index < -0.39 is 11.2 Å². The van der Waals surface area contributed by atoms with Gasteiger partial charge in [-0.2, -0.15) is 0 Å². The molecule has 7 rings (SSSR count). The summed E-state index contributed by atoms with van der Waals surface area (Å²) in [5.74, 6) is 0.616. The van der Waals surface area contributed by atoms with Gasteiger partial charge in [0, 0.05) is 25.7 Å². The molecular formula is C35H29BNO3S. The number of fused-ring (bicyclic) bond motifs is 6. The highest BCUT2D eigenvalue weighted by molar-refractivity contribution is 7.26. The van der Waals surface area contributed by atoms with Gasteiger partial charge in [0.05, 0.1) is 11.2 Å². The number of hydrogen-bond donors (Lipinski definition) is 1. The molecule has 0 saturated carbocycles. The smallest absolute Gasteiger partial charge is 0.331 e. The minimum absolute atomic E-state index is 0.616. The topological polar surface area (TPSA) is 55.5 Å². The van der Waals surface area contributed by atoms with Gasteiger partial charge in [0.15, 0.2) is 5.58 Å². The molecule has 5 aromatic carbocycles. The predicted molar refractivity (Wildman–Crippen MR) is 172 cm³/mol. The zero-order valence-electron chi connectivity index (χ0n) is 23.4. The van der Waals surface area contributed by atoms with Crippen molar-refractivity contribution in [2.24, 2.45) is 0 Å². The minimum atomic E-state index is -0.992. The van der Waals surface area contributed by atoms with Crippen molar-refractivity contribution in [3.63, 3.8) is 0 Å². The Bertz CT molecular complexity index is 2080. The quantitative estimate of drug-likeness (QED) is 0.210. The third-order valence-electron chi connectivity index (χ3n) is 8.21. The largest absolute Gasteiger partial charge is 0.436 e. The fraction of sp³-hybridized carbons (Fsp3) is 0.171. The van der Waals surface area contributed by atoms with Gasteiger partial charge >= 0.3 is 7.48 Å². The Balaban J connectivity index is 1.31. The molecule has 0 bridgehead atoms. The second-order valence-corrected chi connectivity index (χ2v) is 12.6. The van der Waals surface area contributed by atoms with Crippen LogP contribution in [0.4, 0.5) is 0 Å². The first-order chi connectivity index (χ1) is 19.7. The van der Waals surface area contributed by atoms with Crippen molar-refractivity contribution in [1.82, 2.24) is 4.98 Å². The first kappa shape index (κ1) is 26.0. The second-order valence-electron chi connectivity index (χ2n) is 11.5. The molecule has 0 aliphatic heterocycles. The minimum Gasteiger partial charge on any atom is -0.436 e. The maximum absolute atomic E-state index is 10.6. The van der Waals surface area contributed by atoms with Crippen LogP contribution in [0.25, 0.3) is 64.6 Å². The lowest BCUT2D eigenvalue weighted by molar-refractivity contribution is -0.0893. The van der Waals surface area contributed by atoms with E-state index in [1.54, 1.807) is 32.7 Å². The molecule has 2 heterocycles. The Hall–Kier alpha value is -3.97. The van der Waals surface area contributed by atoms with Crippen LogP contribution >= 0.6 is 11.3 Å². The molecule has 0 atom stereocenters. The standard InChI is InChI=1S/C35H29BNO3S/c1-34(2,38)35(3,4)40-36-27-16-9-17-29-30(27)26-15-8-14-25(32(26)41-29)22-11-7-12-23(20-22)33-37-31-24-13-6-5-10-21(24)18-19-28(31)39-33/h5-20,38H,1-4H3.